The zero-order valence-corrected chi connectivity index (χ0v) is 23.1. The maximum Gasteiger partial charge on any atom is 1.00 e. The minimum absolute atomic E-state index is 0. The zero-order chi connectivity index (χ0) is 24.5. The molecular weight excluding hydrogens is 463 g/mol. The van der Waals surface area contributed by atoms with Gasteiger partial charge in [0.25, 0.3) is 0 Å². The summed E-state index contributed by atoms with van der Waals surface area (Å²) in [4.78, 5) is 37.9. The Morgan fingerprint density at radius 3 is 1.97 bits per heavy atom. The number of carbonyl (C=O) groups is 3. The average molecular weight is 497 g/mol. The molecule has 4 saturated carbocycles. The summed E-state index contributed by atoms with van der Waals surface area (Å²) >= 11 is 0. The van der Waals surface area contributed by atoms with E-state index in [4.69, 9.17) is 0 Å². The Morgan fingerprint density at radius 1 is 0.806 bits per heavy atom. The molecule has 184 valence electrons. The SMILES string of the molecule is O=C([O-])c1ccc(CNC(=O)C23CC4CC(CC(C(=O)NCCCc5ccccc5)(C4)C2)C3)cc1.[Na+]. The predicted molar refractivity (Wildman–Crippen MR) is 130 cm³/mol. The van der Waals surface area contributed by atoms with Crippen molar-refractivity contribution in [3.63, 3.8) is 0 Å². The molecule has 0 radical (unpaired) electrons. The van der Waals surface area contributed by atoms with Crippen LogP contribution in [0.4, 0.5) is 0 Å². The molecule has 2 aromatic rings. The average Bonchev–Trinajstić information content (AvgIpc) is 2.85. The van der Waals surface area contributed by atoms with Crippen molar-refractivity contribution in [1.29, 1.82) is 0 Å². The molecule has 2 unspecified atom stereocenters. The van der Waals surface area contributed by atoms with Crippen LogP contribution in [-0.4, -0.2) is 24.3 Å². The van der Waals surface area contributed by atoms with E-state index in [0.29, 0.717) is 31.3 Å². The van der Waals surface area contributed by atoms with E-state index in [-0.39, 0.29) is 46.9 Å². The Bertz CT molecular complexity index is 1090. The van der Waals surface area contributed by atoms with Gasteiger partial charge < -0.3 is 20.5 Å². The fraction of sp³-hybridized carbons (Fsp3) is 0.483. The monoisotopic (exact) mass is 496 g/mol. The second-order valence-electron chi connectivity index (χ2n) is 11.0. The number of carboxylic acids is 1. The summed E-state index contributed by atoms with van der Waals surface area (Å²) in [5, 5.41) is 17.3. The molecule has 2 N–H and O–H groups in total. The second kappa shape index (κ2) is 11.1. The molecule has 2 aromatic carbocycles. The van der Waals surface area contributed by atoms with E-state index in [1.54, 1.807) is 12.1 Å². The van der Waals surface area contributed by atoms with E-state index >= 15 is 0 Å². The van der Waals surface area contributed by atoms with Crippen molar-refractivity contribution in [2.24, 2.45) is 22.7 Å². The van der Waals surface area contributed by atoms with Crippen LogP contribution >= 0.6 is 0 Å². The second-order valence-corrected chi connectivity index (χ2v) is 11.0. The van der Waals surface area contributed by atoms with Gasteiger partial charge in [-0.3, -0.25) is 9.59 Å². The van der Waals surface area contributed by atoms with Crippen LogP contribution in [0, 0.1) is 22.7 Å². The molecule has 4 aliphatic carbocycles. The number of carbonyl (C=O) groups excluding carboxylic acids is 3. The molecule has 0 heterocycles. The molecule has 7 heteroatoms. The van der Waals surface area contributed by atoms with Crippen molar-refractivity contribution in [2.75, 3.05) is 6.54 Å². The number of carboxylic acid groups (broad SMARTS) is 1. The summed E-state index contributed by atoms with van der Waals surface area (Å²) in [6, 6.07) is 16.7. The molecule has 0 saturated heterocycles. The van der Waals surface area contributed by atoms with Gasteiger partial charge in [0, 0.05) is 13.1 Å². The van der Waals surface area contributed by atoms with Gasteiger partial charge in [0.1, 0.15) is 0 Å². The van der Waals surface area contributed by atoms with Gasteiger partial charge in [-0.05, 0) is 79.9 Å². The fourth-order valence-electron chi connectivity index (χ4n) is 7.25. The van der Waals surface area contributed by atoms with Crippen LogP contribution in [0.5, 0.6) is 0 Å². The first-order valence-corrected chi connectivity index (χ1v) is 12.8. The van der Waals surface area contributed by atoms with Crippen LogP contribution in [-0.2, 0) is 22.6 Å². The third-order valence-electron chi connectivity index (χ3n) is 8.44. The van der Waals surface area contributed by atoms with Gasteiger partial charge in [0.15, 0.2) is 0 Å². The molecule has 36 heavy (non-hydrogen) atoms. The number of amides is 2. The third kappa shape index (κ3) is 5.56. The van der Waals surface area contributed by atoms with Gasteiger partial charge in [-0.1, -0.05) is 54.6 Å². The number of hydrogen-bond acceptors (Lipinski definition) is 4. The number of benzene rings is 2. The van der Waals surface area contributed by atoms with Crippen molar-refractivity contribution in [2.45, 2.75) is 57.9 Å². The van der Waals surface area contributed by atoms with E-state index < -0.39 is 16.8 Å². The smallest absolute Gasteiger partial charge is 0.545 e. The fourth-order valence-corrected chi connectivity index (χ4v) is 7.25. The minimum Gasteiger partial charge on any atom is -0.545 e. The Hall–Kier alpha value is -2.15. The normalized spacial score (nSPS) is 27.7. The molecule has 0 aliphatic heterocycles. The number of aromatic carboxylic acids is 1. The molecule has 4 fully saturated rings. The molecule has 4 aliphatic rings. The molecule has 2 amide bonds. The van der Waals surface area contributed by atoms with Gasteiger partial charge in [0.2, 0.25) is 11.8 Å². The summed E-state index contributed by atoms with van der Waals surface area (Å²) in [5.41, 5.74) is 1.35. The van der Waals surface area contributed by atoms with Crippen molar-refractivity contribution in [3.8, 4) is 0 Å². The number of hydrogen-bond donors (Lipinski definition) is 2. The van der Waals surface area contributed by atoms with Crippen LogP contribution in [0.2, 0.25) is 0 Å². The van der Waals surface area contributed by atoms with Gasteiger partial charge >= 0.3 is 29.6 Å². The van der Waals surface area contributed by atoms with Crippen LogP contribution in [0.25, 0.3) is 0 Å². The predicted octanol–water partition coefficient (Wildman–Crippen LogP) is 0.00590. The number of nitrogens with one attached hydrogen (secondary N) is 2. The summed E-state index contributed by atoms with van der Waals surface area (Å²) in [5.74, 6) is -0.178. The summed E-state index contributed by atoms with van der Waals surface area (Å²) in [7, 11) is 0. The maximum atomic E-state index is 13.5. The summed E-state index contributed by atoms with van der Waals surface area (Å²) in [6.45, 7) is 1.01. The zero-order valence-electron chi connectivity index (χ0n) is 21.1. The third-order valence-corrected chi connectivity index (χ3v) is 8.44. The molecule has 4 bridgehead atoms. The van der Waals surface area contributed by atoms with E-state index in [1.807, 2.05) is 18.2 Å². The van der Waals surface area contributed by atoms with E-state index in [0.717, 1.165) is 50.5 Å². The van der Waals surface area contributed by atoms with Crippen molar-refractivity contribution < 1.29 is 49.0 Å². The molecular formula is C29H33N2NaO4. The van der Waals surface area contributed by atoms with Crippen LogP contribution in [0.3, 0.4) is 0 Å². The molecule has 6 rings (SSSR count). The molecule has 2 atom stereocenters. The first-order chi connectivity index (χ1) is 16.9. The van der Waals surface area contributed by atoms with Gasteiger partial charge in [-0.25, -0.2) is 0 Å². The Balaban J connectivity index is 0.00000304. The Morgan fingerprint density at radius 2 is 1.39 bits per heavy atom. The largest absolute Gasteiger partial charge is 1.00 e. The quantitative estimate of drug-likeness (QED) is 0.377. The Kier molecular flexibility index (Phi) is 8.28. The van der Waals surface area contributed by atoms with Gasteiger partial charge in [0.05, 0.1) is 16.8 Å². The minimum atomic E-state index is -1.21. The van der Waals surface area contributed by atoms with E-state index in [1.165, 1.54) is 17.7 Å². The van der Waals surface area contributed by atoms with Crippen LogP contribution < -0.4 is 45.3 Å². The van der Waals surface area contributed by atoms with Crippen molar-refractivity contribution in [3.05, 3.63) is 71.3 Å². The first-order valence-electron chi connectivity index (χ1n) is 12.8. The molecule has 0 aromatic heterocycles. The van der Waals surface area contributed by atoms with Gasteiger partial charge in [-0.15, -0.1) is 0 Å². The van der Waals surface area contributed by atoms with Crippen molar-refractivity contribution >= 4 is 17.8 Å². The van der Waals surface area contributed by atoms with Gasteiger partial charge in [-0.2, -0.15) is 0 Å². The molecule has 0 spiro atoms. The van der Waals surface area contributed by atoms with E-state index in [9.17, 15) is 19.5 Å². The van der Waals surface area contributed by atoms with Crippen LogP contribution in [0.15, 0.2) is 54.6 Å². The number of aryl methyl sites for hydroxylation is 1. The first kappa shape index (κ1) is 26.9. The van der Waals surface area contributed by atoms with Crippen molar-refractivity contribution in [1.82, 2.24) is 10.6 Å². The summed E-state index contributed by atoms with van der Waals surface area (Å²) < 4.78 is 0. The van der Waals surface area contributed by atoms with E-state index in [2.05, 4.69) is 22.8 Å². The maximum absolute atomic E-state index is 13.5. The summed E-state index contributed by atoms with van der Waals surface area (Å²) in [6.07, 6.45) is 7.12. The topological polar surface area (TPSA) is 98.3 Å². The van der Waals surface area contributed by atoms with Crippen LogP contribution in [0.1, 0.15) is 66.4 Å². The standard InChI is InChI=1S/C29H34N2O4.Na/c32-25(33)24-10-8-21(9-11-24)18-31-27(35)29-16-22-13-23(17-29)15-28(14-22,19-29)26(34)30-12-4-7-20-5-2-1-3-6-20;/h1-3,5-6,8-11,22-23H,4,7,12-19H2,(H,30,34)(H,31,35)(H,32,33);/q;+1/p-1. The Labute approximate surface area is 234 Å². The molecule has 6 nitrogen and oxygen atoms in total. The number of rotatable bonds is 9.